The van der Waals surface area contributed by atoms with Crippen LogP contribution in [0, 0.1) is 6.92 Å². The van der Waals surface area contributed by atoms with Crippen LogP contribution in [0.15, 0.2) is 71.8 Å². The lowest BCUT2D eigenvalue weighted by Gasteiger charge is -2.13. The highest BCUT2D eigenvalue weighted by Crippen LogP contribution is 2.32. The van der Waals surface area contributed by atoms with Gasteiger partial charge in [0.25, 0.3) is 5.56 Å². The van der Waals surface area contributed by atoms with Gasteiger partial charge in [0, 0.05) is 36.9 Å². The maximum Gasteiger partial charge on any atom is 0.253 e. The van der Waals surface area contributed by atoms with E-state index >= 15 is 0 Å². The van der Waals surface area contributed by atoms with Gasteiger partial charge in [-0.1, -0.05) is 30.3 Å². The average molecular weight is 422 g/mol. The van der Waals surface area contributed by atoms with E-state index in [1.54, 1.807) is 24.7 Å². The van der Waals surface area contributed by atoms with Crippen LogP contribution in [0.2, 0.25) is 0 Å². The Morgan fingerprint density at radius 3 is 2.40 bits per heavy atom. The molecule has 1 N–H and O–H groups in total. The molecule has 0 saturated heterocycles. The first-order valence-electron chi connectivity index (χ1n) is 9.53. The molecular weight excluding hydrogens is 398 g/mol. The number of hydrogen-bond acceptors (Lipinski definition) is 3. The van der Waals surface area contributed by atoms with Gasteiger partial charge in [0.2, 0.25) is 10.0 Å². The number of nitrogens with zero attached hydrogens (tertiary/aromatic N) is 2. The number of benzene rings is 2. The summed E-state index contributed by atoms with van der Waals surface area (Å²) in [4.78, 5) is 12.1. The van der Waals surface area contributed by atoms with Gasteiger partial charge in [-0.15, -0.1) is 0 Å². The summed E-state index contributed by atoms with van der Waals surface area (Å²) in [5.74, 6) is 0. The van der Waals surface area contributed by atoms with E-state index in [1.807, 2.05) is 48.7 Å². The topological polar surface area (TPSA) is 73.1 Å². The number of rotatable bonds is 5. The second kappa shape index (κ2) is 7.50. The minimum Gasteiger partial charge on any atom is -0.343 e. The van der Waals surface area contributed by atoms with Gasteiger partial charge in [0.1, 0.15) is 0 Å². The van der Waals surface area contributed by atoms with Crippen LogP contribution in [0.5, 0.6) is 0 Å². The van der Waals surface area contributed by atoms with Crippen molar-refractivity contribution in [3.05, 3.63) is 88.5 Å². The van der Waals surface area contributed by atoms with Crippen molar-refractivity contribution in [1.29, 1.82) is 0 Å². The van der Waals surface area contributed by atoms with Gasteiger partial charge in [-0.2, -0.15) is 0 Å². The van der Waals surface area contributed by atoms with Crippen molar-refractivity contribution in [3.63, 3.8) is 0 Å². The molecule has 154 valence electrons. The number of nitrogens with one attached hydrogen (secondary N) is 1. The molecule has 0 saturated carbocycles. The van der Waals surface area contributed by atoms with E-state index in [1.165, 1.54) is 0 Å². The summed E-state index contributed by atoms with van der Waals surface area (Å²) in [5, 5.41) is 0.821. The zero-order chi connectivity index (χ0) is 21.5. The highest BCUT2D eigenvalue weighted by molar-refractivity contribution is 7.92. The van der Waals surface area contributed by atoms with Crippen LogP contribution in [0.1, 0.15) is 11.1 Å². The van der Waals surface area contributed by atoms with E-state index in [4.69, 9.17) is 0 Å². The normalized spacial score (nSPS) is 11.7. The summed E-state index contributed by atoms with van der Waals surface area (Å²) in [6.45, 7) is 2.44. The molecule has 2 aromatic carbocycles. The molecule has 0 aliphatic heterocycles. The minimum absolute atomic E-state index is 0.0539. The van der Waals surface area contributed by atoms with Crippen LogP contribution in [0.4, 0.5) is 5.69 Å². The molecule has 0 unspecified atom stereocenters. The highest BCUT2D eigenvalue weighted by Gasteiger charge is 2.14. The molecule has 7 heteroatoms. The van der Waals surface area contributed by atoms with Crippen LogP contribution in [-0.2, 0) is 23.6 Å². The Morgan fingerprint density at radius 2 is 1.73 bits per heavy atom. The summed E-state index contributed by atoms with van der Waals surface area (Å²) < 4.78 is 30.2. The molecule has 0 atom stereocenters. The molecule has 0 fully saturated rings. The molecule has 0 bridgehead atoms. The van der Waals surface area contributed by atoms with Crippen molar-refractivity contribution in [2.24, 2.45) is 7.05 Å². The second-order valence-corrected chi connectivity index (χ2v) is 9.34. The molecule has 4 rings (SSSR count). The molecule has 4 aromatic rings. The van der Waals surface area contributed by atoms with Crippen molar-refractivity contribution >= 4 is 26.6 Å². The van der Waals surface area contributed by atoms with Gasteiger partial charge in [-0.05, 0) is 47.9 Å². The van der Waals surface area contributed by atoms with Gasteiger partial charge in [0.05, 0.1) is 17.5 Å². The largest absolute Gasteiger partial charge is 0.343 e. The van der Waals surface area contributed by atoms with Crippen molar-refractivity contribution in [2.45, 2.75) is 13.5 Å². The summed E-state index contributed by atoms with van der Waals surface area (Å²) in [6.07, 6.45) is 4.87. The quantitative estimate of drug-likeness (QED) is 0.534. The lowest BCUT2D eigenvalue weighted by molar-refractivity contribution is 0.607. The predicted molar refractivity (Wildman–Crippen MR) is 121 cm³/mol. The number of aryl methyl sites for hydroxylation is 2. The maximum absolute atomic E-state index is 12.1. The SMILES string of the molecule is Cc1cc(-c2cc(NS(C)(=O)=O)c3ccn(Cc4ccccc4)c3c2)cn(C)c1=O. The first-order valence-corrected chi connectivity index (χ1v) is 11.4. The number of fused-ring (bicyclic) bond motifs is 1. The van der Waals surface area contributed by atoms with Crippen LogP contribution in [-0.4, -0.2) is 23.8 Å². The fourth-order valence-corrected chi connectivity index (χ4v) is 4.27. The Morgan fingerprint density at radius 1 is 1.00 bits per heavy atom. The molecule has 0 aliphatic carbocycles. The minimum atomic E-state index is -3.45. The number of aromatic nitrogens is 2. The van der Waals surface area contributed by atoms with Crippen LogP contribution >= 0.6 is 0 Å². The zero-order valence-corrected chi connectivity index (χ0v) is 17.9. The van der Waals surface area contributed by atoms with E-state index in [-0.39, 0.29) is 5.56 Å². The van der Waals surface area contributed by atoms with Crippen LogP contribution < -0.4 is 10.3 Å². The van der Waals surface area contributed by atoms with Crippen LogP contribution in [0.25, 0.3) is 22.0 Å². The standard InChI is InChI=1S/C23H23N3O3S/c1-16-11-19(15-25(2)23(16)27)18-12-21(24-30(3,28)29)20-9-10-26(22(20)13-18)14-17-7-5-4-6-8-17/h4-13,15,24H,14H2,1-3H3. The third-order valence-corrected chi connectivity index (χ3v) is 5.67. The molecule has 0 amide bonds. The Kier molecular flexibility index (Phi) is 4.99. The predicted octanol–water partition coefficient (Wildman–Crippen LogP) is 3.74. The van der Waals surface area contributed by atoms with Crippen LogP contribution in [0.3, 0.4) is 0 Å². The van der Waals surface area contributed by atoms with Gasteiger partial charge < -0.3 is 9.13 Å². The van der Waals surface area contributed by atoms with Crippen molar-refractivity contribution in [2.75, 3.05) is 11.0 Å². The highest BCUT2D eigenvalue weighted by atomic mass is 32.2. The molecule has 2 heterocycles. The van der Waals surface area contributed by atoms with E-state index in [0.29, 0.717) is 17.8 Å². The molecule has 6 nitrogen and oxygen atoms in total. The summed E-state index contributed by atoms with van der Waals surface area (Å²) >= 11 is 0. The van der Waals surface area contributed by atoms with E-state index in [2.05, 4.69) is 21.4 Å². The summed E-state index contributed by atoms with van der Waals surface area (Å²) in [5.41, 5.74) is 4.84. The third-order valence-electron chi connectivity index (χ3n) is 5.08. The molecule has 0 spiro atoms. The molecular formula is C23H23N3O3S. The lowest BCUT2D eigenvalue weighted by Crippen LogP contribution is -2.18. The Bertz CT molecular complexity index is 1370. The number of hydrogen-bond donors (Lipinski definition) is 1. The third kappa shape index (κ3) is 4.02. The molecule has 30 heavy (non-hydrogen) atoms. The first-order chi connectivity index (χ1) is 14.2. The van der Waals surface area contributed by atoms with Gasteiger partial charge in [0.15, 0.2) is 0 Å². The second-order valence-electron chi connectivity index (χ2n) is 7.59. The van der Waals surface area contributed by atoms with E-state index in [0.717, 1.165) is 33.8 Å². The molecule has 0 aliphatic rings. The number of pyridine rings is 1. The molecule has 0 radical (unpaired) electrons. The fourth-order valence-electron chi connectivity index (χ4n) is 3.70. The van der Waals surface area contributed by atoms with E-state index in [9.17, 15) is 13.2 Å². The number of anilines is 1. The lowest BCUT2D eigenvalue weighted by atomic mass is 10.0. The number of sulfonamides is 1. The monoisotopic (exact) mass is 421 g/mol. The van der Waals surface area contributed by atoms with Crippen molar-refractivity contribution in [3.8, 4) is 11.1 Å². The van der Waals surface area contributed by atoms with Crippen molar-refractivity contribution in [1.82, 2.24) is 9.13 Å². The van der Waals surface area contributed by atoms with Gasteiger partial charge in [-0.3, -0.25) is 9.52 Å². The summed E-state index contributed by atoms with van der Waals surface area (Å²) in [6, 6.07) is 17.7. The maximum atomic E-state index is 12.1. The van der Waals surface area contributed by atoms with E-state index < -0.39 is 10.0 Å². The molecule has 2 aromatic heterocycles. The smallest absolute Gasteiger partial charge is 0.253 e. The van der Waals surface area contributed by atoms with Crippen molar-refractivity contribution < 1.29 is 8.42 Å². The first kappa shape index (κ1) is 20.0. The Labute approximate surface area is 175 Å². The summed E-state index contributed by atoms with van der Waals surface area (Å²) in [7, 11) is -1.74. The Hall–Kier alpha value is -3.32. The van der Waals surface area contributed by atoms with Gasteiger partial charge in [-0.25, -0.2) is 8.42 Å². The zero-order valence-electron chi connectivity index (χ0n) is 17.1. The average Bonchev–Trinajstić information content (AvgIpc) is 3.08. The van der Waals surface area contributed by atoms with Gasteiger partial charge >= 0.3 is 0 Å². The fraction of sp³-hybridized carbons (Fsp3) is 0.174. The Balaban J connectivity index is 1.92.